The maximum atomic E-state index is 12.6. The molecular formula is C12H12N4O2S2. The Bertz CT molecular complexity index is 838. The van der Waals surface area contributed by atoms with E-state index in [0.29, 0.717) is 16.0 Å². The number of nitrogens with two attached hydrogens (primary N) is 1. The third-order valence-corrected chi connectivity index (χ3v) is 5.65. The number of fused-ring (bicyclic) bond motifs is 1. The molecule has 1 aromatic carbocycles. The molecule has 2 aromatic heterocycles. The largest absolute Gasteiger partial charge is 0.326 e. The van der Waals surface area contributed by atoms with E-state index in [1.807, 2.05) is 18.2 Å². The predicted molar refractivity (Wildman–Crippen MR) is 79.1 cm³/mol. The molecule has 3 aromatic rings. The van der Waals surface area contributed by atoms with E-state index in [4.69, 9.17) is 5.73 Å². The minimum absolute atomic E-state index is 0.182. The fraction of sp³-hybridized carbons (Fsp3) is 0.0833. The van der Waals surface area contributed by atoms with Crippen molar-refractivity contribution in [2.45, 2.75) is 11.4 Å². The molecule has 0 unspecified atom stereocenters. The molecule has 8 heteroatoms. The van der Waals surface area contributed by atoms with Crippen molar-refractivity contribution in [3.05, 3.63) is 41.5 Å². The molecule has 0 amide bonds. The summed E-state index contributed by atoms with van der Waals surface area (Å²) in [5, 5.41) is 6.97. The Morgan fingerprint density at radius 3 is 2.85 bits per heavy atom. The highest BCUT2D eigenvalue weighted by Crippen LogP contribution is 2.35. The minimum atomic E-state index is -3.69. The Labute approximate surface area is 119 Å². The van der Waals surface area contributed by atoms with E-state index in [0.717, 1.165) is 4.70 Å². The first kappa shape index (κ1) is 13.1. The van der Waals surface area contributed by atoms with Crippen LogP contribution in [0.3, 0.4) is 0 Å². The van der Waals surface area contributed by atoms with E-state index in [1.165, 1.54) is 23.7 Å². The Balaban J connectivity index is 2.17. The number of benzene rings is 1. The van der Waals surface area contributed by atoms with Gasteiger partial charge >= 0.3 is 0 Å². The molecule has 0 fully saturated rings. The van der Waals surface area contributed by atoms with Crippen LogP contribution in [0, 0.1) is 0 Å². The summed E-state index contributed by atoms with van der Waals surface area (Å²) in [6, 6.07) is 7.36. The lowest BCUT2D eigenvalue weighted by atomic mass is 10.2. The summed E-state index contributed by atoms with van der Waals surface area (Å²) in [7, 11) is -3.69. The summed E-state index contributed by atoms with van der Waals surface area (Å²) in [5.74, 6) is 0. The zero-order chi connectivity index (χ0) is 14.2. The van der Waals surface area contributed by atoms with Gasteiger partial charge in [-0.15, -0.1) is 11.3 Å². The first-order valence-electron chi connectivity index (χ1n) is 5.84. The van der Waals surface area contributed by atoms with Crippen LogP contribution in [0.1, 0.15) is 4.88 Å². The molecule has 4 N–H and O–H groups in total. The zero-order valence-corrected chi connectivity index (χ0v) is 12.0. The zero-order valence-electron chi connectivity index (χ0n) is 10.3. The monoisotopic (exact) mass is 308 g/mol. The lowest BCUT2D eigenvalue weighted by Gasteiger charge is -2.06. The lowest BCUT2D eigenvalue weighted by molar-refractivity contribution is 0.601. The number of hydrogen-bond donors (Lipinski definition) is 3. The van der Waals surface area contributed by atoms with Crippen LogP contribution in [0.2, 0.25) is 0 Å². The summed E-state index contributed by atoms with van der Waals surface area (Å²) in [6.45, 7) is 0.182. The van der Waals surface area contributed by atoms with Crippen LogP contribution in [-0.2, 0) is 16.6 Å². The molecule has 3 rings (SSSR count). The number of hydrogen-bond acceptors (Lipinski definition) is 5. The van der Waals surface area contributed by atoms with Gasteiger partial charge in [-0.25, -0.2) is 8.42 Å². The molecule has 20 heavy (non-hydrogen) atoms. The summed E-state index contributed by atoms with van der Waals surface area (Å²) in [4.78, 5) is 0.893. The summed E-state index contributed by atoms with van der Waals surface area (Å²) in [6.07, 6.45) is 2.89. The van der Waals surface area contributed by atoms with Gasteiger partial charge < -0.3 is 5.73 Å². The smallest absolute Gasteiger partial charge is 0.263 e. The summed E-state index contributed by atoms with van der Waals surface area (Å²) in [5.41, 5.74) is 6.08. The van der Waals surface area contributed by atoms with Crippen molar-refractivity contribution in [1.82, 2.24) is 10.2 Å². The van der Waals surface area contributed by atoms with E-state index in [2.05, 4.69) is 14.9 Å². The van der Waals surface area contributed by atoms with E-state index >= 15 is 0 Å². The Hall–Kier alpha value is -1.90. The van der Waals surface area contributed by atoms with Gasteiger partial charge in [0.25, 0.3) is 10.0 Å². The number of rotatable bonds is 4. The number of nitrogens with zero attached hydrogens (tertiary/aromatic N) is 1. The number of H-pyrrole nitrogens is 1. The van der Waals surface area contributed by atoms with Gasteiger partial charge in [-0.1, -0.05) is 18.2 Å². The highest BCUT2D eigenvalue weighted by Gasteiger charge is 2.24. The number of thiophene rings is 1. The van der Waals surface area contributed by atoms with E-state index in [9.17, 15) is 8.42 Å². The normalized spacial score (nSPS) is 11.8. The van der Waals surface area contributed by atoms with Crippen molar-refractivity contribution in [1.29, 1.82) is 0 Å². The SMILES string of the molecule is NCc1sc2ccccc2c1S(=O)(=O)Nc1cn[nH]c1. The molecule has 0 saturated heterocycles. The number of anilines is 1. The fourth-order valence-corrected chi connectivity index (χ4v) is 4.89. The standard InChI is InChI=1S/C12H12N4O2S2/c13-5-11-12(9-3-1-2-4-10(9)19-11)20(17,18)16-8-6-14-15-7-8/h1-4,6-7,16H,5,13H2,(H,14,15). The average Bonchev–Trinajstić information content (AvgIpc) is 3.04. The average molecular weight is 308 g/mol. The molecule has 2 heterocycles. The number of aromatic nitrogens is 2. The van der Waals surface area contributed by atoms with Crippen LogP contribution in [0.5, 0.6) is 0 Å². The van der Waals surface area contributed by atoms with Gasteiger partial charge in [0.15, 0.2) is 0 Å². The molecule has 0 atom stereocenters. The van der Waals surface area contributed by atoms with Crippen molar-refractivity contribution in [2.24, 2.45) is 5.73 Å². The molecule has 0 radical (unpaired) electrons. The van der Waals surface area contributed by atoms with Crippen LogP contribution in [0.25, 0.3) is 10.1 Å². The van der Waals surface area contributed by atoms with Crippen LogP contribution in [0.15, 0.2) is 41.6 Å². The summed E-state index contributed by atoms with van der Waals surface area (Å²) < 4.78 is 28.5. The highest BCUT2D eigenvalue weighted by atomic mass is 32.2. The van der Waals surface area contributed by atoms with Gasteiger partial charge in [-0.3, -0.25) is 9.82 Å². The van der Waals surface area contributed by atoms with Crippen molar-refractivity contribution in [3.8, 4) is 0 Å². The predicted octanol–water partition coefficient (Wildman–Crippen LogP) is 1.88. The fourth-order valence-electron chi connectivity index (χ4n) is 2.01. The van der Waals surface area contributed by atoms with Crippen LogP contribution < -0.4 is 10.5 Å². The molecule has 0 bridgehead atoms. The van der Waals surface area contributed by atoms with Crippen molar-refractivity contribution in [2.75, 3.05) is 4.72 Å². The third-order valence-electron chi connectivity index (χ3n) is 2.82. The second kappa shape index (κ2) is 4.89. The molecule has 0 saturated carbocycles. The molecule has 0 aliphatic heterocycles. The van der Waals surface area contributed by atoms with Crippen molar-refractivity contribution < 1.29 is 8.42 Å². The second-order valence-corrected chi connectivity index (χ2v) is 6.90. The maximum Gasteiger partial charge on any atom is 0.263 e. The Morgan fingerprint density at radius 1 is 1.35 bits per heavy atom. The van der Waals surface area contributed by atoms with E-state index in [-0.39, 0.29) is 11.4 Å². The molecule has 0 aliphatic carbocycles. The van der Waals surface area contributed by atoms with Gasteiger partial charge in [0.05, 0.1) is 11.9 Å². The molecule has 0 spiro atoms. The van der Waals surface area contributed by atoms with Crippen molar-refractivity contribution >= 4 is 37.1 Å². The molecule has 6 nitrogen and oxygen atoms in total. The highest BCUT2D eigenvalue weighted by molar-refractivity contribution is 7.93. The molecule has 0 aliphatic rings. The topological polar surface area (TPSA) is 101 Å². The number of nitrogens with one attached hydrogen (secondary N) is 2. The first-order valence-corrected chi connectivity index (χ1v) is 8.14. The van der Waals surface area contributed by atoms with Crippen LogP contribution >= 0.6 is 11.3 Å². The number of aromatic amines is 1. The minimum Gasteiger partial charge on any atom is -0.326 e. The molecular weight excluding hydrogens is 296 g/mol. The Kier molecular flexibility index (Phi) is 3.20. The summed E-state index contributed by atoms with van der Waals surface area (Å²) >= 11 is 1.40. The van der Waals surface area contributed by atoms with Gasteiger partial charge in [-0.2, -0.15) is 5.10 Å². The third kappa shape index (κ3) is 2.17. The van der Waals surface area contributed by atoms with Crippen LogP contribution in [0.4, 0.5) is 5.69 Å². The second-order valence-electron chi connectivity index (χ2n) is 4.15. The number of sulfonamides is 1. The van der Waals surface area contributed by atoms with Gasteiger partial charge in [0.1, 0.15) is 4.90 Å². The van der Waals surface area contributed by atoms with Crippen LogP contribution in [-0.4, -0.2) is 18.6 Å². The van der Waals surface area contributed by atoms with Crippen molar-refractivity contribution in [3.63, 3.8) is 0 Å². The van der Waals surface area contributed by atoms with E-state index in [1.54, 1.807) is 6.07 Å². The maximum absolute atomic E-state index is 12.6. The Morgan fingerprint density at radius 2 is 2.15 bits per heavy atom. The lowest BCUT2D eigenvalue weighted by Crippen LogP contribution is -2.14. The van der Waals surface area contributed by atoms with Gasteiger partial charge in [0, 0.05) is 27.7 Å². The quantitative estimate of drug-likeness (QED) is 0.685. The van der Waals surface area contributed by atoms with Gasteiger partial charge in [-0.05, 0) is 6.07 Å². The first-order chi connectivity index (χ1) is 9.62. The molecule has 104 valence electrons. The van der Waals surface area contributed by atoms with Gasteiger partial charge in [0.2, 0.25) is 0 Å². The van der Waals surface area contributed by atoms with E-state index < -0.39 is 10.0 Å².